The molecule has 1 aliphatic heterocycles. The van der Waals surface area contributed by atoms with Gasteiger partial charge in [0.2, 0.25) is 0 Å². The maximum Gasteiger partial charge on any atom is 0.338 e. The van der Waals surface area contributed by atoms with Crippen molar-refractivity contribution >= 4 is 34.4 Å². The van der Waals surface area contributed by atoms with Crippen LogP contribution in [0.25, 0.3) is 10.9 Å². The molecule has 0 radical (unpaired) electrons. The third-order valence-electron chi connectivity index (χ3n) is 6.27. The average Bonchev–Trinajstić information content (AvgIpc) is 3.23. The summed E-state index contributed by atoms with van der Waals surface area (Å²) in [7, 11) is 1.51. The van der Waals surface area contributed by atoms with Gasteiger partial charge in [0.15, 0.2) is 12.7 Å². The molecule has 170 valence electrons. The van der Waals surface area contributed by atoms with E-state index in [9.17, 15) is 14.4 Å². The number of nitrogens with one attached hydrogen (secondary N) is 2. The van der Waals surface area contributed by atoms with Gasteiger partial charge in [-0.05, 0) is 61.6 Å². The van der Waals surface area contributed by atoms with E-state index in [1.807, 2.05) is 12.1 Å². The second-order valence-corrected chi connectivity index (χ2v) is 8.32. The average molecular weight is 447 g/mol. The lowest BCUT2D eigenvalue weighted by atomic mass is 9.95. The normalized spacial score (nSPS) is 17.0. The van der Waals surface area contributed by atoms with Gasteiger partial charge in [0, 0.05) is 23.6 Å². The molecule has 5 rings (SSSR count). The molecular weight excluding hydrogens is 422 g/mol. The molecule has 3 aromatic rings. The van der Waals surface area contributed by atoms with Gasteiger partial charge in [-0.15, -0.1) is 0 Å². The van der Waals surface area contributed by atoms with Gasteiger partial charge in [-0.3, -0.25) is 9.59 Å². The number of carbonyl (C=O) groups is 3. The number of fused-ring (bicyclic) bond motifs is 4. The summed E-state index contributed by atoms with van der Waals surface area (Å²) in [6.07, 6.45) is 3.49. The van der Waals surface area contributed by atoms with Gasteiger partial charge < -0.3 is 24.7 Å². The summed E-state index contributed by atoms with van der Waals surface area (Å²) >= 11 is 0. The van der Waals surface area contributed by atoms with Crippen LogP contribution < -0.4 is 15.0 Å². The number of aromatic nitrogens is 1. The molecule has 2 N–H and O–H groups in total. The van der Waals surface area contributed by atoms with Crippen LogP contribution in [-0.2, 0) is 27.2 Å². The fourth-order valence-electron chi connectivity index (χ4n) is 4.59. The summed E-state index contributed by atoms with van der Waals surface area (Å²) in [5.41, 5.74) is 4.48. The number of likely N-dealkylation sites (N-methyl/N-ethyl adjacent to an activating group) is 1. The van der Waals surface area contributed by atoms with Crippen molar-refractivity contribution in [3.8, 4) is 5.75 Å². The molecule has 2 amide bonds. The Balaban J connectivity index is 1.31. The SMILES string of the molecule is CNC(=O)C1CN(C(=O)COC(=O)c2ccc3[nH]c4c(c3c2)CCCC4)c2ccccc2O1. The third-order valence-corrected chi connectivity index (χ3v) is 6.27. The number of H-pyrrole nitrogens is 1. The van der Waals surface area contributed by atoms with Crippen molar-refractivity contribution in [2.75, 3.05) is 25.1 Å². The maximum absolute atomic E-state index is 13.0. The first-order valence-electron chi connectivity index (χ1n) is 11.1. The highest BCUT2D eigenvalue weighted by molar-refractivity contribution is 6.01. The second-order valence-electron chi connectivity index (χ2n) is 8.32. The van der Waals surface area contributed by atoms with Crippen LogP contribution in [0.2, 0.25) is 0 Å². The van der Waals surface area contributed by atoms with Crippen LogP contribution in [0.4, 0.5) is 5.69 Å². The summed E-state index contributed by atoms with van der Waals surface area (Å²) in [5.74, 6) is -0.879. The summed E-state index contributed by atoms with van der Waals surface area (Å²) in [6.45, 7) is -0.397. The summed E-state index contributed by atoms with van der Waals surface area (Å²) in [4.78, 5) is 42.7. The zero-order valence-corrected chi connectivity index (χ0v) is 18.3. The van der Waals surface area contributed by atoms with E-state index >= 15 is 0 Å². The predicted molar refractivity (Wildman–Crippen MR) is 123 cm³/mol. The number of ether oxygens (including phenoxy) is 2. The Morgan fingerprint density at radius 2 is 1.97 bits per heavy atom. The molecule has 0 saturated heterocycles. The number of aromatic amines is 1. The minimum absolute atomic E-state index is 0.0362. The molecule has 33 heavy (non-hydrogen) atoms. The van der Waals surface area contributed by atoms with Crippen molar-refractivity contribution < 1.29 is 23.9 Å². The van der Waals surface area contributed by atoms with Gasteiger partial charge in [0.25, 0.3) is 11.8 Å². The van der Waals surface area contributed by atoms with Gasteiger partial charge in [0.05, 0.1) is 17.8 Å². The predicted octanol–water partition coefficient (Wildman–Crippen LogP) is 2.74. The number of amides is 2. The number of nitrogens with zero attached hydrogens (tertiary/aromatic N) is 1. The lowest BCUT2D eigenvalue weighted by Gasteiger charge is -2.33. The standard InChI is InChI=1S/C25H25N3O5/c1-26-24(30)22-13-28(20-8-4-5-9-21(20)33-22)23(29)14-32-25(31)15-10-11-19-17(12-15)16-6-2-3-7-18(16)27-19/h4-5,8-12,22,27H,2-3,6-7,13-14H2,1H3,(H,26,30). The molecule has 0 spiro atoms. The Morgan fingerprint density at radius 3 is 2.82 bits per heavy atom. The Hall–Kier alpha value is -3.81. The molecule has 8 nitrogen and oxygen atoms in total. The number of para-hydroxylation sites is 2. The van der Waals surface area contributed by atoms with Crippen LogP contribution in [-0.4, -0.2) is 49.1 Å². The van der Waals surface area contributed by atoms with E-state index in [1.54, 1.807) is 30.3 Å². The number of aryl methyl sites for hydroxylation is 2. The molecule has 2 heterocycles. The molecular formula is C25H25N3O5. The van der Waals surface area contributed by atoms with Gasteiger partial charge in [-0.1, -0.05) is 12.1 Å². The zero-order chi connectivity index (χ0) is 22.9. The van der Waals surface area contributed by atoms with Gasteiger partial charge in [-0.2, -0.15) is 0 Å². The van der Waals surface area contributed by atoms with E-state index in [-0.39, 0.29) is 12.5 Å². The van der Waals surface area contributed by atoms with Crippen molar-refractivity contribution in [1.82, 2.24) is 10.3 Å². The Labute approximate surface area is 190 Å². The quantitative estimate of drug-likeness (QED) is 0.599. The van der Waals surface area contributed by atoms with Gasteiger partial charge in [-0.25, -0.2) is 4.79 Å². The number of esters is 1. The summed E-state index contributed by atoms with van der Waals surface area (Å²) in [5, 5.41) is 3.58. The van der Waals surface area contributed by atoms with E-state index in [0.29, 0.717) is 17.0 Å². The number of rotatable bonds is 4. The smallest absolute Gasteiger partial charge is 0.338 e. The van der Waals surface area contributed by atoms with Crippen LogP contribution in [0.1, 0.15) is 34.5 Å². The van der Waals surface area contributed by atoms with Crippen molar-refractivity contribution in [1.29, 1.82) is 0 Å². The molecule has 0 saturated carbocycles. The first-order valence-corrected chi connectivity index (χ1v) is 11.1. The highest BCUT2D eigenvalue weighted by atomic mass is 16.5. The number of hydrogen-bond acceptors (Lipinski definition) is 5. The van der Waals surface area contributed by atoms with E-state index in [0.717, 1.165) is 30.2 Å². The van der Waals surface area contributed by atoms with Crippen LogP contribution in [0.3, 0.4) is 0 Å². The molecule has 2 aromatic carbocycles. The minimum atomic E-state index is -0.841. The van der Waals surface area contributed by atoms with E-state index < -0.39 is 24.6 Å². The molecule has 1 atom stereocenters. The fraction of sp³-hybridized carbons (Fsp3) is 0.320. The number of carbonyl (C=O) groups excluding carboxylic acids is 3. The lowest BCUT2D eigenvalue weighted by Crippen LogP contribution is -2.51. The Kier molecular flexibility index (Phi) is 5.50. The zero-order valence-electron chi connectivity index (χ0n) is 18.3. The molecule has 2 aliphatic rings. The fourth-order valence-corrected chi connectivity index (χ4v) is 4.59. The number of hydrogen-bond donors (Lipinski definition) is 2. The molecule has 0 bridgehead atoms. The summed E-state index contributed by atoms with van der Waals surface area (Å²) < 4.78 is 11.1. The van der Waals surface area contributed by atoms with Gasteiger partial charge in [0.1, 0.15) is 5.75 Å². The van der Waals surface area contributed by atoms with Crippen molar-refractivity contribution in [2.24, 2.45) is 0 Å². The first-order chi connectivity index (χ1) is 16.0. The molecule has 1 unspecified atom stereocenters. The largest absolute Gasteiger partial charge is 0.477 e. The topological polar surface area (TPSA) is 101 Å². The van der Waals surface area contributed by atoms with E-state index in [4.69, 9.17) is 9.47 Å². The maximum atomic E-state index is 13.0. The Morgan fingerprint density at radius 1 is 1.15 bits per heavy atom. The van der Waals surface area contributed by atoms with E-state index in [1.165, 1.54) is 29.6 Å². The van der Waals surface area contributed by atoms with Crippen molar-refractivity contribution in [3.05, 3.63) is 59.3 Å². The molecule has 1 aliphatic carbocycles. The van der Waals surface area contributed by atoms with E-state index in [2.05, 4.69) is 10.3 Å². The molecule has 8 heteroatoms. The Bertz CT molecular complexity index is 1250. The molecule has 0 fully saturated rings. The van der Waals surface area contributed by atoms with Gasteiger partial charge >= 0.3 is 5.97 Å². The number of anilines is 1. The van der Waals surface area contributed by atoms with Crippen LogP contribution >= 0.6 is 0 Å². The first kappa shape index (κ1) is 21.1. The highest BCUT2D eigenvalue weighted by Crippen LogP contribution is 2.33. The van der Waals surface area contributed by atoms with Crippen LogP contribution in [0.15, 0.2) is 42.5 Å². The van der Waals surface area contributed by atoms with Crippen molar-refractivity contribution in [2.45, 2.75) is 31.8 Å². The van der Waals surface area contributed by atoms with Crippen LogP contribution in [0, 0.1) is 0 Å². The highest BCUT2D eigenvalue weighted by Gasteiger charge is 2.33. The number of benzene rings is 2. The second kappa shape index (κ2) is 8.61. The van der Waals surface area contributed by atoms with Crippen LogP contribution in [0.5, 0.6) is 5.75 Å². The molecule has 1 aromatic heterocycles. The van der Waals surface area contributed by atoms with Crippen molar-refractivity contribution in [3.63, 3.8) is 0 Å². The monoisotopic (exact) mass is 447 g/mol. The summed E-state index contributed by atoms with van der Waals surface area (Å²) in [6, 6.07) is 12.4. The third kappa shape index (κ3) is 3.92. The lowest BCUT2D eigenvalue weighted by molar-refractivity contribution is -0.128. The minimum Gasteiger partial charge on any atom is -0.477 e.